The van der Waals surface area contributed by atoms with E-state index in [1.807, 2.05) is 12.1 Å². The topological polar surface area (TPSA) is 12.0 Å². The van der Waals surface area contributed by atoms with Crippen molar-refractivity contribution in [1.82, 2.24) is 5.32 Å². The Kier molecular flexibility index (Phi) is 4.39. The van der Waals surface area contributed by atoms with Crippen molar-refractivity contribution in [3.63, 3.8) is 0 Å². The van der Waals surface area contributed by atoms with E-state index in [0.717, 1.165) is 24.2 Å². The normalized spacial score (nSPS) is 18.2. The number of aryl methyl sites for hydroxylation is 1. The fourth-order valence-corrected chi connectivity index (χ4v) is 3.00. The predicted molar refractivity (Wildman–Crippen MR) is 74.0 cm³/mol. The van der Waals surface area contributed by atoms with Crippen molar-refractivity contribution in [2.24, 2.45) is 5.41 Å². The maximum atomic E-state index is 13.4. The summed E-state index contributed by atoms with van der Waals surface area (Å²) in [6, 6.07) is 5.52. The molecule has 0 amide bonds. The highest BCUT2D eigenvalue weighted by atomic mass is 19.1. The third-order valence-corrected chi connectivity index (χ3v) is 4.48. The van der Waals surface area contributed by atoms with Crippen LogP contribution < -0.4 is 5.32 Å². The van der Waals surface area contributed by atoms with Crippen molar-refractivity contribution in [1.29, 1.82) is 0 Å². The Balaban J connectivity index is 1.86. The minimum absolute atomic E-state index is 0.0969. The molecule has 0 spiro atoms. The molecule has 0 saturated heterocycles. The fraction of sp³-hybridized carbons (Fsp3) is 0.625. The summed E-state index contributed by atoms with van der Waals surface area (Å²) in [5.41, 5.74) is 2.27. The maximum Gasteiger partial charge on any atom is 0.126 e. The maximum absolute atomic E-state index is 13.4. The second-order valence-electron chi connectivity index (χ2n) is 5.75. The molecule has 1 N–H and O–H groups in total. The second-order valence-corrected chi connectivity index (χ2v) is 5.75. The van der Waals surface area contributed by atoms with E-state index >= 15 is 0 Å². The highest BCUT2D eigenvalue weighted by molar-refractivity contribution is 5.23. The van der Waals surface area contributed by atoms with Crippen LogP contribution in [0.5, 0.6) is 0 Å². The molecular weight excluding hydrogens is 225 g/mol. The summed E-state index contributed by atoms with van der Waals surface area (Å²) in [7, 11) is 0. The van der Waals surface area contributed by atoms with Gasteiger partial charge in [0.05, 0.1) is 0 Å². The van der Waals surface area contributed by atoms with Crippen LogP contribution in [0.2, 0.25) is 0 Å². The van der Waals surface area contributed by atoms with Crippen LogP contribution in [-0.4, -0.2) is 6.54 Å². The van der Waals surface area contributed by atoms with E-state index in [-0.39, 0.29) is 5.82 Å². The van der Waals surface area contributed by atoms with Crippen molar-refractivity contribution in [3.05, 3.63) is 35.1 Å². The molecule has 0 radical (unpaired) electrons. The molecule has 1 saturated carbocycles. The van der Waals surface area contributed by atoms with E-state index in [1.54, 1.807) is 13.0 Å². The molecule has 2 rings (SSSR count). The zero-order chi connectivity index (χ0) is 13.0. The van der Waals surface area contributed by atoms with Gasteiger partial charge in [0.25, 0.3) is 0 Å². The van der Waals surface area contributed by atoms with Crippen LogP contribution >= 0.6 is 0 Å². The summed E-state index contributed by atoms with van der Waals surface area (Å²) >= 11 is 0. The van der Waals surface area contributed by atoms with Crippen molar-refractivity contribution in [2.75, 3.05) is 6.54 Å². The quantitative estimate of drug-likeness (QED) is 0.825. The Morgan fingerprint density at radius 1 is 1.28 bits per heavy atom. The molecule has 0 bridgehead atoms. The first-order valence-corrected chi connectivity index (χ1v) is 7.11. The largest absolute Gasteiger partial charge is 0.312 e. The molecule has 1 fully saturated rings. The highest BCUT2D eigenvalue weighted by Gasteiger charge is 2.31. The third kappa shape index (κ3) is 3.11. The van der Waals surface area contributed by atoms with Crippen molar-refractivity contribution in [2.45, 2.75) is 52.5 Å². The number of nitrogens with one attached hydrogen (secondary N) is 1. The Hall–Kier alpha value is -0.890. The van der Waals surface area contributed by atoms with Gasteiger partial charge in [-0.1, -0.05) is 31.9 Å². The second kappa shape index (κ2) is 5.83. The van der Waals surface area contributed by atoms with Gasteiger partial charge in [-0.15, -0.1) is 0 Å². The predicted octanol–water partition coefficient (Wildman–Crippen LogP) is 4.19. The van der Waals surface area contributed by atoms with Gasteiger partial charge < -0.3 is 5.32 Å². The van der Waals surface area contributed by atoms with Crippen LogP contribution in [0.4, 0.5) is 4.39 Å². The molecule has 1 aliphatic carbocycles. The molecule has 0 aromatic heterocycles. The molecule has 0 aliphatic heterocycles. The van der Waals surface area contributed by atoms with Crippen molar-refractivity contribution in [3.8, 4) is 0 Å². The highest BCUT2D eigenvalue weighted by Crippen LogP contribution is 2.40. The van der Waals surface area contributed by atoms with E-state index in [1.165, 1.54) is 32.1 Å². The van der Waals surface area contributed by atoms with Crippen LogP contribution in [0.15, 0.2) is 18.2 Å². The molecule has 0 unspecified atom stereocenters. The van der Waals surface area contributed by atoms with E-state index in [9.17, 15) is 4.39 Å². The first-order chi connectivity index (χ1) is 8.65. The van der Waals surface area contributed by atoms with Crippen LogP contribution in [0.1, 0.15) is 50.2 Å². The number of hydrogen-bond donors (Lipinski definition) is 1. The lowest BCUT2D eigenvalue weighted by Crippen LogP contribution is -2.31. The third-order valence-electron chi connectivity index (χ3n) is 4.48. The smallest absolute Gasteiger partial charge is 0.126 e. The Bertz CT molecular complexity index is 394. The van der Waals surface area contributed by atoms with Crippen molar-refractivity contribution < 1.29 is 4.39 Å². The van der Waals surface area contributed by atoms with Gasteiger partial charge in [0.1, 0.15) is 5.82 Å². The summed E-state index contributed by atoms with van der Waals surface area (Å²) in [5, 5.41) is 3.52. The van der Waals surface area contributed by atoms with E-state index in [4.69, 9.17) is 0 Å². The average Bonchev–Trinajstić information content (AvgIpc) is 2.83. The van der Waals surface area contributed by atoms with Gasteiger partial charge in [0.2, 0.25) is 0 Å². The lowest BCUT2D eigenvalue weighted by atomic mass is 9.83. The fourth-order valence-electron chi connectivity index (χ4n) is 3.00. The average molecular weight is 249 g/mol. The summed E-state index contributed by atoms with van der Waals surface area (Å²) in [4.78, 5) is 0. The standard InChI is InChI=1S/C16H24FN/c1-3-16(8-4-5-9-16)12-18-11-14-7-6-13(2)15(17)10-14/h6-7,10,18H,3-5,8-9,11-12H2,1-2H3. The van der Waals surface area contributed by atoms with Crippen molar-refractivity contribution >= 4 is 0 Å². The zero-order valence-corrected chi connectivity index (χ0v) is 11.6. The first kappa shape index (κ1) is 13.5. The molecule has 0 atom stereocenters. The molecule has 2 heteroatoms. The lowest BCUT2D eigenvalue weighted by Gasteiger charge is -2.27. The van der Waals surface area contributed by atoms with Crippen LogP contribution in [0, 0.1) is 18.2 Å². The number of rotatable bonds is 5. The van der Waals surface area contributed by atoms with Gasteiger partial charge in [-0.05, 0) is 48.8 Å². The lowest BCUT2D eigenvalue weighted by molar-refractivity contribution is 0.268. The molecule has 100 valence electrons. The molecule has 1 aliphatic rings. The number of hydrogen-bond acceptors (Lipinski definition) is 1. The Morgan fingerprint density at radius 2 is 2.00 bits per heavy atom. The molecule has 1 nitrogen and oxygen atoms in total. The SMILES string of the molecule is CCC1(CNCc2ccc(C)c(F)c2)CCCC1. The van der Waals surface area contributed by atoms with Crippen LogP contribution in [-0.2, 0) is 6.54 Å². The minimum atomic E-state index is -0.0969. The van der Waals surface area contributed by atoms with E-state index in [2.05, 4.69) is 12.2 Å². The van der Waals surface area contributed by atoms with Gasteiger partial charge in [-0.25, -0.2) is 4.39 Å². The number of benzene rings is 1. The first-order valence-electron chi connectivity index (χ1n) is 7.11. The van der Waals surface area contributed by atoms with Gasteiger partial charge in [0, 0.05) is 13.1 Å². The molecule has 1 aromatic carbocycles. The summed E-state index contributed by atoms with van der Waals surface area (Å²) in [6.07, 6.45) is 6.68. The Labute approximate surface area is 110 Å². The minimum Gasteiger partial charge on any atom is -0.312 e. The zero-order valence-electron chi connectivity index (χ0n) is 11.6. The van der Waals surface area contributed by atoms with Gasteiger partial charge in [-0.3, -0.25) is 0 Å². The van der Waals surface area contributed by atoms with E-state index < -0.39 is 0 Å². The van der Waals surface area contributed by atoms with Gasteiger partial charge in [0.15, 0.2) is 0 Å². The number of halogens is 1. The van der Waals surface area contributed by atoms with Gasteiger partial charge in [-0.2, -0.15) is 0 Å². The molecule has 1 aromatic rings. The Morgan fingerprint density at radius 3 is 2.61 bits per heavy atom. The van der Waals surface area contributed by atoms with Crippen LogP contribution in [0.25, 0.3) is 0 Å². The molecule has 0 heterocycles. The summed E-state index contributed by atoms with van der Waals surface area (Å²) in [5.74, 6) is -0.0969. The summed E-state index contributed by atoms with van der Waals surface area (Å²) in [6.45, 7) is 5.94. The van der Waals surface area contributed by atoms with E-state index in [0.29, 0.717) is 5.41 Å². The van der Waals surface area contributed by atoms with Crippen LogP contribution in [0.3, 0.4) is 0 Å². The monoisotopic (exact) mass is 249 g/mol. The van der Waals surface area contributed by atoms with Gasteiger partial charge >= 0.3 is 0 Å². The summed E-state index contributed by atoms with van der Waals surface area (Å²) < 4.78 is 13.4. The molecular formula is C16H24FN. The molecule has 18 heavy (non-hydrogen) atoms.